The first-order chi connectivity index (χ1) is 10.7. The third-order valence-corrected chi connectivity index (χ3v) is 3.07. The molecule has 2 aromatic carbocycles. The predicted molar refractivity (Wildman–Crippen MR) is 83.0 cm³/mol. The highest BCUT2D eigenvalue weighted by atomic mass is 16.5. The minimum Gasteiger partial charge on any atom is -0.466 e. The summed E-state index contributed by atoms with van der Waals surface area (Å²) in [6.45, 7) is 0. The third kappa shape index (κ3) is 3.68. The van der Waals surface area contributed by atoms with Gasteiger partial charge < -0.3 is 4.74 Å². The molecule has 0 aromatic heterocycles. The molecule has 4 nitrogen and oxygen atoms in total. The molecule has 0 amide bonds. The fourth-order valence-electron chi connectivity index (χ4n) is 1.98. The van der Waals surface area contributed by atoms with E-state index in [9.17, 15) is 9.59 Å². The number of ether oxygens (including phenoxy) is 1. The van der Waals surface area contributed by atoms with E-state index in [1.54, 1.807) is 30.3 Å². The Morgan fingerprint density at radius 3 is 2.36 bits per heavy atom. The van der Waals surface area contributed by atoms with Crippen LogP contribution in [0, 0.1) is 11.3 Å². The molecule has 0 aliphatic rings. The highest BCUT2D eigenvalue weighted by molar-refractivity contribution is 5.88. The molecule has 0 aliphatic carbocycles. The topological polar surface area (TPSA) is 67.2 Å². The van der Waals surface area contributed by atoms with E-state index in [4.69, 9.17) is 5.26 Å². The van der Waals surface area contributed by atoms with Crippen LogP contribution in [0.1, 0.15) is 21.5 Å². The number of hydrogen-bond donors (Lipinski definition) is 0. The van der Waals surface area contributed by atoms with Crippen LogP contribution in [-0.2, 0) is 9.53 Å². The molecule has 108 valence electrons. The Bertz CT molecular complexity index is 768. The van der Waals surface area contributed by atoms with Crippen LogP contribution in [0.2, 0.25) is 0 Å². The second-order valence-electron chi connectivity index (χ2n) is 4.55. The molecule has 2 aromatic rings. The molecule has 0 bridgehead atoms. The summed E-state index contributed by atoms with van der Waals surface area (Å²) >= 11 is 0. The van der Waals surface area contributed by atoms with E-state index in [1.165, 1.54) is 13.2 Å². The van der Waals surface area contributed by atoms with E-state index in [-0.39, 0.29) is 0 Å². The van der Waals surface area contributed by atoms with Crippen molar-refractivity contribution in [3.8, 4) is 17.2 Å². The molecule has 0 spiro atoms. The van der Waals surface area contributed by atoms with Gasteiger partial charge in [-0.25, -0.2) is 4.79 Å². The van der Waals surface area contributed by atoms with Gasteiger partial charge in [0.1, 0.15) is 6.29 Å². The highest BCUT2D eigenvalue weighted by Gasteiger charge is 2.03. The van der Waals surface area contributed by atoms with Crippen LogP contribution in [0.5, 0.6) is 0 Å². The number of nitriles is 1. The molecule has 0 unspecified atom stereocenters. The number of carbonyl (C=O) groups excluding carboxylic acids is 2. The molecular formula is C18H13NO3. The Kier molecular flexibility index (Phi) is 4.84. The average molecular weight is 291 g/mol. The predicted octanol–water partition coefficient (Wildman–Crippen LogP) is 3.22. The molecular weight excluding hydrogens is 278 g/mol. The van der Waals surface area contributed by atoms with E-state index in [0.717, 1.165) is 17.4 Å². The lowest BCUT2D eigenvalue weighted by atomic mass is 9.99. The van der Waals surface area contributed by atoms with Crippen LogP contribution in [0.3, 0.4) is 0 Å². The minimum atomic E-state index is -0.462. The Labute approximate surface area is 128 Å². The number of nitrogens with zero attached hydrogens (tertiary/aromatic N) is 1. The molecule has 0 saturated heterocycles. The highest BCUT2D eigenvalue weighted by Crippen LogP contribution is 2.23. The van der Waals surface area contributed by atoms with Crippen LogP contribution < -0.4 is 0 Å². The van der Waals surface area contributed by atoms with Gasteiger partial charge in [-0.15, -0.1) is 0 Å². The molecule has 22 heavy (non-hydrogen) atoms. The van der Waals surface area contributed by atoms with Crippen molar-refractivity contribution in [2.75, 3.05) is 7.11 Å². The summed E-state index contributed by atoms with van der Waals surface area (Å²) in [5.41, 5.74) is 3.51. The summed E-state index contributed by atoms with van der Waals surface area (Å²) < 4.78 is 4.54. The average Bonchev–Trinajstić information content (AvgIpc) is 2.59. The van der Waals surface area contributed by atoms with Crippen molar-refractivity contribution < 1.29 is 14.3 Å². The van der Waals surface area contributed by atoms with E-state index in [1.807, 2.05) is 18.2 Å². The van der Waals surface area contributed by atoms with Crippen molar-refractivity contribution in [1.29, 1.82) is 5.26 Å². The lowest BCUT2D eigenvalue weighted by Gasteiger charge is -2.05. The van der Waals surface area contributed by atoms with Crippen molar-refractivity contribution in [2.45, 2.75) is 0 Å². The van der Waals surface area contributed by atoms with Crippen LogP contribution in [0.15, 0.2) is 48.5 Å². The van der Waals surface area contributed by atoms with Crippen LogP contribution in [-0.4, -0.2) is 19.4 Å². The monoisotopic (exact) mass is 291 g/mol. The first-order valence-corrected chi connectivity index (χ1v) is 6.53. The number of hydrogen-bond acceptors (Lipinski definition) is 4. The van der Waals surface area contributed by atoms with Gasteiger partial charge in [-0.1, -0.05) is 12.1 Å². The number of rotatable bonds is 4. The number of carbonyl (C=O) groups is 2. The molecule has 0 N–H and O–H groups in total. The Hall–Kier alpha value is -3.19. The van der Waals surface area contributed by atoms with Gasteiger partial charge >= 0.3 is 5.97 Å². The van der Waals surface area contributed by atoms with Gasteiger partial charge in [-0.05, 0) is 53.1 Å². The zero-order valence-corrected chi connectivity index (χ0v) is 11.9. The smallest absolute Gasteiger partial charge is 0.330 e. The molecule has 0 atom stereocenters. The SMILES string of the molecule is COC(=O)/C=C/c1cc(C=O)cc(-c2ccc(C#N)cc2)c1. The van der Waals surface area contributed by atoms with Crippen LogP contribution in [0.4, 0.5) is 0 Å². The fraction of sp³-hybridized carbons (Fsp3) is 0.0556. The number of benzene rings is 2. The molecule has 0 fully saturated rings. The fourth-order valence-corrected chi connectivity index (χ4v) is 1.98. The van der Waals surface area contributed by atoms with Crippen molar-refractivity contribution in [3.63, 3.8) is 0 Å². The lowest BCUT2D eigenvalue weighted by molar-refractivity contribution is -0.134. The van der Waals surface area contributed by atoms with E-state index in [0.29, 0.717) is 16.7 Å². The van der Waals surface area contributed by atoms with Crippen molar-refractivity contribution >= 4 is 18.3 Å². The largest absolute Gasteiger partial charge is 0.466 e. The minimum absolute atomic E-state index is 0.462. The van der Waals surface area contributed by atoms with Crippen LogP contribution in [0.25, 0.3) is 17.2 Å². The van der Waals surface area contributed by atoms with E-state index >= 15 is 0 Å². The summed E-state index contributed by atoms with van der Waals surface area (Å²) in [5, 5.41) is 8.82. The van der Waals surface area contributed by atoms with Gasteiger partial charge in [-0.2, -0.15) is 5.26 Å². The second kappa shape index (κ2) is 7.00. The first kappa shape index (κ1) is 15.2. The second-order valence-corrected chi connectivity index (χ2v) is 4.55. The molecule has 0 heterocycles. The van der Waals surface area contributed by atoms with Crippen LogP contribution >= 0.6 is 0 Å². The van der Waals surface area contributed by atoms with Gasteiger partial charge in [0.15, 0.2) is 0 Å². The van der Waals surface area contributed by atoms with E-state index in [2.05, 4.69) is 10.8 Å². The summed E-state index contributed by atoms with van der Waals surface area (Å²) in [6.07, 6.45) is 3.64. The Balaban J connectivity index is 2.42. The Morgan fingerprint density at radius 2 is 1.77 bits per heavy atom. The van der Waals surface area contributed by atoms with Gasteiger partial charge in [0.25, 0.3) is 0 Å². The zero-order valence-electron chi connectivity index (χ0n) is 11.9. The first-order valence-electron chi connectivity index (χ1n) is 6.53. The van der Waals surface area contributed by atoms with Gasteiger partial charge in [-0.3, -0.25) is 4.79 Å². The standard InChI is InChI=1S/C18H13NO3/c1-22-18(21)7-4-14-8-15(12-20)10-17(9-14)16-5-2-13(11-19)3-6-16/h2-10,12H,1H3/b7-4+. The third-order valence-electron chi connectivity index (χ3n) is 3.07. The number of aldehydes is 1. The number of esters is 1. The summed E-state index contributed by atoms with van der Waals surface area (Å²) in [4.78, 5) is 22.2. The van der Waals surface area contributed by atoms with Crippen molar-refractivity contribution in [2.24, 2.45) is 0 Å². The molecule has 4 heteroatoms. The van der Waals surface area contributed by atoms with Gasteiger partial charge in [0.2, 0.25) is 0 Å². The van der Waals surface area contributed by atoms with Gasteiger partial charge in [0, 0.05) is 11.6 Å². The maximum atomic E-state index is 11.2. The maximum absolute atomic E-state index is 11.2. The van der Waals surface area contributed by atoms with Crippen molar-refractivity contribution in [3.05, 3.63) is 65.2 Å². The summed E-state index contributed by atoms with van der Waals surface area (Å²) in [7, 11) is 1.30. The van der Waals surface area contributed by atoms with Crippen molar-refractivity contribution in [1.82, 2.24) is 0 Å². The number of methoxy groups -OCH3 is 1. The zero-order chi connectivity index (χ0) is 15.9. The van der Waals surface area contributed by atoms with Gasteiger partial charge in [0.05, 0.1) is 18.7 Å². The summed E-state index contributed by atoms with van der Waals surface area (Å²) in [5.74, 6) is -0.462. The molecule has 0 radical (unpaired) electrons. The lowest BCUT2D eigenvalue weighted by Crippen LogP contribution is -1.93. The normalized spacial score (nSPS) is 10.2. The molecule has 2 rings (SSSR count). The summed E-state index contributed by atoms with van der Waals surface area (Å²) in [6, 6.07) is 14.4. The quantitative estimate of drug-likeness (QED) is 0.493. The van der Waals surface area contributed by atoms with E-state index < -0.39 is 5.97 Å². The molecule has 0 saturated carbocycles. The maximum Gasteiger partial charge on any atom is 0.330 e. The molecule has 0 aliphatic heterocycles. The Morgan fingerprint density at radius 1 is 1.09 bits per heavy atom.